The number of fused-ring (bicyclic) bond motifs is 1. The summed E-state index contributed by atoms with van der Waals surface area (Å²) < 4.78 is 12.4. The van der Waals surface area contributed by atoms with Crippen LogP contribution in [0.4, 0.5) is 0 Å². The van der Waals surface area contributed by atoms with Crippen LogP contribution in [0.5, 0.6) is 11.5 Å². The van der Waals surface area contributed by atoms with Crippen LogP contribution in [0, 0.1) is 6.92 Å². The minimum atomic E-state index is -0.226. The largest absolute Gasteiger partial charge is 0.454 e. The monoisotopic (exact) mass is 363 g/mol. The molecule has 0 aliphatic carbocycles. The lowest BCUT2D eigenvalue weighted by Crippen LogP contribution is -2.27. The molecule has 2 heterocycles. The van der Waals surface area contributed by atoms with Gasteiger partial charge in [0.15, 0.2) is 11.5 Å². The number of nitrogens with one attached hydrogen (secondary N) is 1. The number of halogens is 1. The molecular weight excluding hydrogens is 342 g/mol. The molecule has 25 heavy (non-hydrogen) atoms. The van der Waals surface area contributed by atoms with E-state index in [9.17, 15) is 4.79 Å². The van der Waals surface area contributed by atoms with Crippen molar-refractivity contribution in [3.63, 3.8) is 0 Å². The van der Waals surface area contributed by atoms with Gasteiger partial charge in [-0.3, -0.25) is 9.48 Å². The van der Waals surface area contributed by atoms with Crippen LogP contribution in [0.3, 0.4) is 0 Å². The molecule has 2 aromatic rings. The molecule has 0 saturated carbocycles. The number of hydrogen-bond acceptors (Lipinski definition) is 4. The van der Waals surface area contributed by atoms with Crippen molar-refractivity contribution < 1.29 is 14.3 Å². The van der Waals surface area contributed by atoms with E-state index in [2.05, 4.69) is 17.3 Å². The Morgan fingerprint density at radius 1 is 1.40 bits per heavy atom. The number of benzene rings is 1. The third-order valence-electron chi connectivity index (χ3n) is 4.26. The molecule has 3 rings (SSSR count). The standard InChI is InChI=1S/C18H22ClN3O3/c1-4-5-8-22-17(19)16(12(3)21-22)18(23)20-11(2)13-6-7-14-15(9-13)25-10-24-14/h6-7,9,11H,4-5,8,10H2,1-3H3,(H,20,23). The molecule has 0 bridgehead atoms. The maximum atomic E-state index is 12.7. The molecule has 134 valence electrons. The van der Waals surface area contributed by atoms with Crippen LogP contribution in [0.15, 0.2) is 18.2 Å². The smallest absolute Gasteiger partial charge is 0.256 e. The van der Waals surface area contributed by atoms with Gasteiger partial charge in [0.25, 0.3) is 5.91 Å². The maximum Gasteiger partial charge on any atom is 0.256 e. The van der Waals surface area contributed by atoms with E-state index in [0.717, 1.165) is 24.2 Å². The SMILES string of the molecule is CCCCn1nc(C)c(C(=O)NC(C)c2ccc3c(c2)OCO3)c1Cl. The topological polar surface area (TPSA) is 65.4 Å². The number of hydrogen-bond donors (Lipinski definition) is 1. The van der Waals surface area contributed by atoms with Gasteiger partial charge in [0.1, 0.15) is 5.15 Å². The number of ether oxygens (including phenoxy) is 2. The molecule has 0 radical (unpaired) electrons. The second kappa shape index (κ2) is 7.35. The van der Waals surface area contributed by atoms with Crippen LogP contribution in [0.2, 0.25) is 5.15 Å². The second-order valence-corrected chi connectivity index (χ2v) is 6.49. The summed E-state index contributed by atoms with van der Waals surface area (Å²) >= 11 is 6.37. The van der Waals surface area contributed by atoms with Crippen molar-refractivity contribution in [3.05, 3.63) is 40.2 Å². The molecule has 6 nitrogen and oxygen atoms in total. The minimum absolute atomic E-state index is 0.198. The Bertz CT molecular complexity index is 788. The van der Waals surface area contributed by atoms with Gasteiger partial charge in [-0.25, -0.2) is 0 Å². The van der Waals surface area contributed by atoms with E-state index in [1.54, 1.807) is 11.6 Å². The van der Waals surface area contributed by atoms with Crippen LogP contribution < -0.4 is 14.8 Å². The average molecular weight is 364 g/mol. The van der Waals surface area contributed by atoms with E-state index in [1.807, 2.05) is 25.1 Å². The molecule has 1 aromatic carbocycles. The zero-order chi connectivity index (χ0) is 18.0. The van der Waals surface area contributed by atoms with Crippen LogP contribution in [-0.2, 0) is 6.54 Å². The van der Waals surface area contributed by atoms with E-state index < -0.39 is 0 Å². The van der Waals surface area contributed by atoms with Crippen LogP contribution >= 0.6 is 11.6 Å². The summed E-state index contributed by atoms with van der Waals surface area (Å²) in [5.74, 6) is 1.19. The fourth-order valence-electron chi connectivity index (χ4n) is 2.80. The molecule has 0 fully saturated rings. The molecule has 1 N–H and O–H groups in total. The van der Waals surface area contributed by atoms with Crippen molar-refractivity contribution in [1.82, 2.24) is 15.1 Å². The number of aryl methyl sites for hydroxylation is 2. The van der Waals surface area contributed by atoms with Gasteiger partial charge in [-0.05, 0) is 38.0 Å². The normalized spacial score (nSPS) is 13.8. The minimum Gasteiger partial charge on any atom is -0.454 e. The summed E-state index contributed by atoms with van der Waals surface area (Å²) in [4.78, 5) is 12.7. The molecular formula is C18H22ClN3O3. The lowest BCUT2D eigenvalue weighted by atomic mass is 10.1. The quantitative estimate of drug-likeness (QED) is 0.846. The maximum absolute atomic E-state index is 12.7. The van der Waals surface area contributed by atoms with Crippen molar-refractivity contribution in [2.45, 2.75) is 46.2 Å². The summed E-state index contributed by atoms with van der Waals surface area (Å²) in [5, 5.41) is 7.76. The molecule has 1 aliphatic heterocycles. The second-order valence-electron chi connectivity index (χ2n) is 6.14. The zero-order valence-corrected chi connectivity index (χ0v) is 15.4. The fraction of sp³-hybridized carbons (Fsp3) is 0.444. The Morgan fingerprint density at radius 2 is 2.16 bits per heavy atom. The van der Waals surface area contributed by atoms with Crippen LogP contribution in [0.1, 0.15) is 54.3 Å². The van der Waals surface area contributed by atoms with Gasteiger partial charge in [-0.2, -0.15) is 5.10 Å². The highest BCUT2D eigenvalue weighted by molar-refractivity contribution is 6.33. The Kier molecular flexibility index (Phi) is 5.18. The number of amides is 1. The number of carbonyl (C=O) groups is 1. The highest BCUT2D eigenvalue weighted by atomic mass is 35.5. The molecule has 1 aromatic heterocycles. The highest BCUT2D eigenvalue weighted by Crippen LogP contribution is 2.34. The predicted octanol–water partition coefficient (Wildman–Crippen LogP) is 3.86. The average Bonchev–Trinajstić information content (AvgIpc) is 3.16. The number of aromatic nitrogens is 2. The molecule has 1 aliphatic rings. The Labute approximate surface area is 152 Å². The van der Waals surface area contributed by atoms with E-state index in [4.69, 9.17) is 21.1 Å². The van der Waals surface area contributed by atoms with Crippen molar-refractivity contribution >= 4 is 17.5 Å². The van der Waals surface area contributed by atoms with Gasteiger partial charge in [0, 0.05) is 6.54 Å². The van der Waals surface area contributed by atoms with Gasteiger partial charge in [0.2, 0.25) is 6.79 Å². The van der Waals surface area contributed by atoms with Crippen molar-refractivity contribution in [3.8, 4) is 11.5 Å². The molecule has 1 atom stereocenters. The van der Waals surface area contributed by atoms with Gasteiger partial charge in [-0.15, -0.1) is 0 Å². The first kappa shape index (κ1) is 17.6. The molecule has 7 heteroatoms. The lowest BCUT2D eigenvalue weighted by molar-refractivity contribution is 0.0939. The molecule has 1 amide bonds. The Balaban J connectivity index is 1.74. The number of rotatable bonds is 6. The first-order chi connectivity index (χ1) is 12.0. The van der Waals surface area contributed by atoms with Gasteiger partial charge >= 0.3 is 0 Å². The molecule has 0 spiro atoms. The van der Waals surface area contributed by atoms with Crippen molar-refractivity contribution in [2.24, 2.45) is 0 Å². The summed E-state index contributed by atoms with van der Waals surface area (Å²) in [6.45, 7) is 6.76. The zero-order valence-electron chi connectivity index (χ0n) is 14.6. The van der Waals surface area contributed by atoms with Crippen molar-refractivity contribution in [2.75, 3.05) is 6.79 Å². The summed E-state index contributed by atoms with van der Waals surface area (Å²) in [6.07, 6.45) is 2.01. The molecule has 1 unspecified atom stereocenters. The number of carbonyl (C=O) groups excluding carboxylic acids is 1. The highest BCUT2D eigenvalue weighted by Gasteiger charge is 2.23. The summed E-state index contributed by atoms with van der Waals surface area (Å²) in [6, 6.07) is 5.45. The lowest BCUT2D eigenvalue weighted by Gasteiger charge is -2.15. The Morgan fingerprint density at radius 3 is 2.92 bits per heavy atom. The Hall–Kier alpha value is -2.21. The fourth-order valence-corrected chi connectivity index (χ4v) is 3.15. The third kappa shape index (κ3) is 3.58. The van der Waals surface area contributed by atoms with Gasteiger partial charge in [-0.1, -0.05) is 31.0 Å². The van der Waals surface area contributed by atoms with Crippen LogP contribution in [-0.4, -0.2) is 22.5 Å². The van der Waals surface area contributed by atoms with E-state index in [-0.39, 0.29) is 18.7 Å². The van der Waals surface area contributed by atoms with Crippen LogP contribution in [0.25, 0.3) is 0 Å². The first-order valence-electron chi connectivity index (χ1n) is 8.44. The summed E-state index contributed by atoms with van der Waals surface area (Å²) in [5.41, 5.74) is 2.01. The van der Waals surface area contributed by atoms with E-state index >= 15 is 0 Å². The molecule has 0 saturated heterocycles. The van der Waals surface area contributed by atoms with E-state index in [0.29, 0.717) is 28.7 Å². The van der Waals surface area contributed by atoms with E-state index in [1.165, 1.54) is 0 Å². The number of unbranched alkanes of at least 4 members (excludes halogenated alkanes) is 1. The predicted molar refractivity (Wildman–Crippen MR) is 95.3 cm³/mol. The number of nitrogens with zero attached hydrogens (tertiary/aromatic N) is 2. The third-order valence-corrected chi connectivity index (χ3v) is 4.64. The summed E-state index contributed by atoms with van der Waals surface area (Å²) in [7, 11) is 0. The van der Waals surface area contributed by atoms with Crippen molar-refractivity contribution in [1.29, 1.82) is 0 Å². The van der Waals surface area contributed by atoms with Gasteiger partial charge < -0.3 is 14.8 Å². The van der Waals surface area contributed by atoms with Gasteiger partial charge in [0.05, 0.1) is 17.3 Å². The first-order valence-corrected chi connectivity index (χ1v) is 8.82.